The minimum atomic E-state index is -1.92. The Morgan fingerprint density at radius 3 is 1.13 bits per heavy atom. The summed E-state index contributed by atoms with van der Waals surface area (Å²) in [5.41, 5.74) is 0. The van der Waals surface area contributed by atoms with Crippen molar-refractivity contribution in [3.63, 3.8) is 0 Å². The number of hydrogen-bond donors (Lipinski definition) is 3. The van der Waals surface area contributed by atoms with Gasteiger partial charge in [0, 0.05) is 19.3 Å². The van der Waals surface area contributed by atoms with Crippen molar-refractivity contribution in [2.45, 2.75) is 302 Å². The van der Waals surface area contributed by atoms with Gasteiger partial charge in [0.1, 0.15) is 18.8 Å². The van der Waals surface area contributed by atoms with E-state index in [0.29, 0.717) is 19.3 Å². The van der Waals surface area contributed by atoms with E-state index in [1.54, 1.807) is 0 Å². The number of allylic oxidation sites excluding steroid dienone is 20. The molecule has 1 rings (SSSR count). The summed E-state index contributed by atoms with van der Waals surface area (Å²) >= 11 is 0. The second-order valence-electron chi connectivity index (χ2n) is 22.3. The molecule has 1 aliphatic heterocycles. The SMILES string of the molecule is CC/C=C\C/C=C\C/C=C\C/C=C\CCCCCCCCC(=O)OCC(COC1OC(C(=O)O)C(O)C(O)C1OC(=O)CCCCCC/C=C\C/C=C\C/C=C\C/C=C\CC)OC(=O)CCCCCCCCCCC/C=C\C/C=C\CCCCC. The number of carbonyl (C=O) groups is 4. The fraction of sp³-hybridized carbons (Fsp3) is 0.671. The first kappa shape index (κ1) is 78.1. The van der Waals surface area contributed by atoms with Crippen LogP contribution in [0.4, 0.5) is 0 Å². The number of aliphatic hydroxyl groups is 2. The third kappa shape index (κ3) is 48.9. The Morgan fingerprint density at radius 2 is 0.741 bits per heavy atom. The van der Waals surface area contributed by atoms with Gasteiger partial charge in [0.05, 0.1) is 6.61 Å². The number of carboxylic acids is 1. The summed E-state index contributed by atoms with van der Waals surface area (Å²) in [7, 11) is 0. The molecule has 0 aromatic rings. The first-order valence-electron chi connectivity index (χ1n) is 33.5. The van der Waals surface area contributed by atoms with Crippen molar-refractivity contribution < 1.29 is 58.2 Å². The van der Waals surface area contributed by atoms with E-state index in [9.17, 15) is 34.5 Å². The molecule has 1 aliphatic rings. The highest BCUT2D eigenvalue weighted by atomic mass is 16.7. The Balaban J connectivity index is 2.69. The molecule has 0 radical (unpaired) electrons. The third-order valence-electron chi connectivity index (χ3n) is 14.5. The van der Waals surface area contributed by atoms with E-state index in [2.05, 4.69) is 142 Å². The van der Waals surface area contributed by atoms with Crippen molar-refractivity contribution in [3.05, 3.63) is 122 Å². The molecule has 85 heavy (non-hydrogen) atoms. The maximum Gasteiger partial charge on any atom is 0.335 e. The second-order valence-corrected chi connectivity index (χ2v) is 22.3. The minimum Gasteiger partial charge on any atom is -0.479 e. The number of hydrogen-bond acceptors (Lipinski definition) is 11. The maximum absolute atomic E-state index is 13.2. The van der Waals surface area contributed by atoms with Gasteiger partial charge in [-0.1, -0.05) is 239 Å². The summed E-state index contributed by atoms with van der Waals surface area (Å²) < 4.78 is 28.5. The Hall–Kier alpha value is -4.88. The van der Waals surface area contributed by atoms with Crippen LogP contribution in [0.15, 0.2) is 122 Å². The lowest BCUT2D eigenvalue weighted by Gasteiger charge is -2.40. The summed E-state index contributed by atoms with van der Waals surface area (Å²) in [5.74, 6) is -3.18. The number of ether oxygens (including phenoxy) is 5. The van der Waals surface area contributed by atoms with E-state index >= 15 is 0 Å². The molecule has 12 heteroatoms. The fourth-order valence-electron chi connectivity index (χ4n) is 9.44. The Bertz CT molecular complexity index is 1940. The summed E-state index contributed by atoms with van der Waals surface area (Å²) in [5, 5.41) is 31.6. The first-order chi connectivity index (χ1) is 41.6. The molecule has 1 saturated heterocycles. The molecule has 1 fully saturated rings. The van der Waals surface area contributed by atoms with Crippen molar-refractivity contribution in [2.24, 2.45) is 0 Å². The van der Waals surface area contributed by atoms with Gasteiger partial charge in [-0.15, -0.1) is 0 Å². The lowest BCUT2D eigenvalue weighted by atomic mass is 9.98. The van der Waals surface area contributed by atoms with Gasteiger partial charge in [-0.05, 0) is 128 Å². The average Bonchev–Trinajstić information content (AvgIpc) is 3.46. The van der Waals surface area contributed by atoms with Gasteiger partial charge in [0.2, 0.25) is 0 Å². The first-order valence-corrected chi connectivity index (χ1v) is 33.5. The summed E-state index contributed by atoms with van der Waals surface area (Å²) in [6.07, 6.45) is 70.0. The molecule has 0 saturated carbocycles. The highest BCUT2D eigenvalue weighted by Crippen LogP contribution is 2.26. The van der Waals surface area contributed by atoms with Gasteiger partial charge in [0.15, 0.2) is 24.6 Å². The summed E-state index contributed by atoms with van der Waals surface area (Å²) in [6, 6.07) is 0. The van der Waals surface area contributed by atoms with Gasteiger partial charge in [-0.25, -0.2) is 4.79 Å². The van der Waals surface area contributed by atoms with E-state index in [1.165, 1.54) is 51.4 Å². The van der Waals surface area contributed by atoms with Crippen LogP contribution in [0.3, 0.4) is 0 Å². The number of aliphatic carboxylic acids is 1. The molecule has 0 spiro atoms. The number of rotatable bonds is 56. The molecule has 482 valence electrons. The smallest absolute Gasteiger partial charge is 0.335 e. The molecule has 3 N–H and O–H groups in total. The van der Waals surface area contributed by atoms with Crippen LogP contribution in [-0.2, 0) is 42.9 Å². The van der Waals surface area contributed by atoms with Crippen LogP contribution in [0.5, 0.6) is 0 Å². The zero-order valence-electron chi connectivity index (χ0n) is 53.3. The number of unbranched alkanes of at least 4 members (excludes halogenated alkanes) is 22. The van der Waals surface area contributed by atoms with Gasteiger partial charge >= 0.3 is 23.9 Å². The van der Waals surface area contributed by atoms with Crippen molar-refractivity contribution >= 4 is 23.9 Å². The van der Waals surface area contributed by atoms with Crippen molar-refractivity contribution in [1.29, 1.82) is 0 Å². The van der Waals surface area contributed by atoms with Gasteiger partial charge in [0.25, 0.3) is 0 Å². The topological polar surface area (TPSA) is 175 Å². The molecule has 6 unspecified atom stereocenters. The lowest BCUT2D eigenvalue weighted by molar-refractivity contribution is -0.301. The molecule has 0 aliphatic carbocycles. The highest BCUT2D eigenvalue weighted by molar-refractivity contribution is 5.74. The fourth-order valence-corrected chi connectivity index (χ4v) is 9.44. The molecule has 0 aromatic heterocycles. The van der Waals surface area contributed by atoms with Crippen LogP contribution in [0.2, 0.25) is 0 Å². The number of carbonyl (C=O) groups excluding carboxylic acids is 3. The van der Waals surface area contributed by atoms with Crippen molar-refractivity contribution in [2.75, 3.05) is 13.2 Å². The van der Waals surface area contributed by atoms with Gasteiger partial charge in [-0.3, -0.25) is 14.4 Å². The largest absolute Gasteiger partial charge is 0.479 e. The van der Waals surface area contributed by atoms with Crippen LogP contribution < -0.4 is 0 Å². The van der Waals surface area contributed by atoms with Crippen LogP contribution in [-0.4, -0.2) is 89.2 Å². The van der Waals surface area contributed by atoms with Gasteiger partial charge < -0.3 is 39.0 Å². The van der Waals surface area contributed by atoms with E-state index in [4.69, 9.17) is 23.7 Å². The minimum absolute atomic E-state index is 0.0250. The molecule has 0 amide bonds. The highest BCUT2D eigenvalue weighted by Gasteiger charge is 2.50. The second kappa shape index (κ2) is 59.5. The van der Waals surface area contributed by atoms with Crippen molar-refractivity contribution in [1.82, 2.24) is 0 Å². The number of aliphatic hydroxyl groups excluding tert-OH is 2. The Kier molecular flexibility index (Phi) is 54.6. The van der Waals surface area contributed by atoms with Crippen LogP contribution in [0, 0.1) is 0 Å². The van der Waals surface area contributed by atoms with E-state index in [-0.39, 0.29) is 25.9 Å². The molecule has 6 atom stereocenters. The van der Waals surface area contributed by atoms with E-state index < -0.39 is 67.3 Å². The standard InChI is InChI=1S/C73H118O12/c1-4-7-10-13-16-19-22-25-28-31-33-36-38-41-44-47-50-53-56-59-65(74)81-62-64(83-66(75)60-57-54-51-48-45-42-40-37-34-32-29-26-23-20-17-14-11-8-5-2)63-82-73-71(69(78)68(77)70(85-73)72(79)80)84-67(76)61-58-55-52-49-46-43-39-35-30-27-24-21-18-15-12-9-6-3/h7,9-10,12,16-21,25-30,33,36,39,43,64,68-71,73,77-78H,4-6,8,11,13-15,22-24,31-32,34-35,37-38,40-42,44-63H2,1-3H3,(H,79,80)/b10-7-,12-9-,19-16-,20-17-,21-18-,28-25-,29-26-,30-27-,36-33-,43-39-. The molecular formula is C73H118O12. The molecule has 0 bridgehead atoms. The van der Waals surface area contributed by atoms with E-state index in [1.807, 2.05) is 0 Å². The van der Waals surface area contributed by atoms with E-state index in [0.717, 1.165) is 154 Å². The van der Waals surface area contributed by atoms with Crippen LogP contribution in [0.25, 0.3) is 0 Å². The maximum atomic E-state index is 13.2. The normalized spacial score (nSPS) is 18.2. The zero-order valence-corrected chi connectivity index (χ0v) is 53.3. The van der Waals surface area contributed by atoms with Crippen LogP contribution in [0.1, 0.15) is 265 Å². The third-order valence-corrected chi connectivity index (χ3v) is 14.5. The number of carboxylic acid groups (broad SMARTS) is 1. The molecule has 12 nitrogen and oxygen atoms in total. The number of esters is 3. The predicted octanol–water partition coefficient (Wildman–Crippen LogP) is 18.3. The Labute approximate surface area is 516 Å². The predicted molar refractivity (Wildman–Crippen MR) is 349 cm³/mol. The Morgan fingerprint density at radius 1 is 0.400 bits per heavy atom. The zero-order chi connectivity index (χ0) is 61.7. The quantitative estimate of drug-likeness (QED) is 0.0228. The molecular weight excluding hydrogens is 1070 g/mol. The lowest BCUT2D eigenvalue weighted by Crippen LogP contribution is -2.61. The van der Waals surface area contributed by atoms with Crippen LogP contribution >= 0.6 is 0 Å². The summed E-state index contributed by atoms with van der Waals surface area (Å²) in [4.78, 5) is 51.4. The average molecular weight is 1190 g/mol. The monoisotopic (exact) mass is 1190 g/mol. The molecule has 0 aromatic carbocycles. The van der Waals surface area contributed by atoms with Gasteiger partial charge in [-0.2, -0.15) is 0 Å². The van der Waals surface area contributed by atoms with Crippen molar-refractivity contribution in [3.8, 4) is 0 Å². The molecule has 1 heterocycles. The summed E-state index contributed by atoms with van der Waals surface area (Å²) in [6.45, 7) is 5.74.